The molecule has 0 aliphatic rings. The van der Waals surface area contributed by atoms with Gasteiger partial charge in [0.2, 0.25) is 0 Å². The molecule has 0 N–H and O–H groups in total. The summed E-state index contributed by atoms with van der Waals surface area (Å²) in [6.45, 7) is 9.99. The van der Waals surface area contributed by atoms with E-state index in [9.17, 15) is 0 Å². The number of allylic oxidation sites excluding steroid dienone is 7. The Hall–Kier alpha value is -1.37. The van der Waals surface area contributed by atoms with E-state index in [1.165, 1.54) is 16.7 Å². The molecule has 1 heteroatoms. The first kappa shape index (κ1) is 13.6. The third kappa shape index (κ3) is 6.67. The van der Waals surface area contributed by atoms with E-state index >= 15 is 0 Å². The molecule has 0 fully saturated rings. The smallest absolute Gasteiger partial charge is 0.0277 e. The molecular weight excluding hydrogens is 182 g/mol. The topological polar surface area (TPSA) is 12.4 Å². The minimum Gasteiger partial charge on any atom is -0.297 e. The van der Waals surface area contributed by atoms with Crippen LogP contribution in [0.2, 0.25) is 0 Å². The summed E-state index contributed by atoms with van der Waals surface area (Å²) in [5.41, 5.74) is 3.77. The molecule has 0 atom stereocenters. The molecule has 0 aromatic carbocycles. The van der Waals surface area contributed by atoms with Gasteiger partial charge in [-0.2, -0.15) is 0 Å². The number of aliphatic imine (C=N–C) groups is 1. The average Bonchev–Trinajstić information content (AvgIpc) is 2.25. The Kier molecular flexibility index (Phi) is 7.25. The summed E-state index contributed by atoms with van der Waals surface area (Å²) in [4.78, 5) is 3.93. The zero-order chi connectivity index (χ0) is 11.7. The second kappa shape index (κ2) is 7.98. The zero-order valence-electron chi connectivity index (χ0n) is 10.2. The fourth-order valence-corrected chi connectivity index (χ4v) is 0.984. The molecular formula is C14H21N. The predicted molar refractivity (Wildman–Crippen MR) is 70.5 cm³/mol. The van der Waals surface area contributed by atoms with Gasteiger partial charge in [0.05, 0.1) is 0 Å². The summed E-state index contributed by atoms with van der Waals surface area (Å²) in [6.07, 6.45) is 11.0. The van der Waals surface area contributed by atoms with Gasteiger partial charge in [-0.3, -0.25) is 4.99 Å². The molecule has 0 bridgehead atoms. The van der Waals surface area contributed by atoms with E-state index in [0.717, 1.165) is 6.42 Å². The molecule has 0 amide bonds. The van der Waals surface area contributed by atoms with Crippen LogP contribution in [0, 0.1) is 0 Å². The standard InChI is InChI=1S/C14H21N/c1-6-12(2)8-7-9-13(3)14(4)10-11-15-5/h6,8-11H,1,7H2,2-5H3/b12-8?,13-9+,14-10+,15-11-. The molecule has 0 aliphatic heterocycles. The fourth-order valence-electron chi connectivity index (χ4n) is 0.984. The number of rotatable bonds is 5. The summed E-state index contributed by atoms with van der Waals surface area (Å²) >= 11 is 0. The van der Waals surface area contributed by atoms with Crippen LogP contribution in [0.25, 0.3) is 0 Å². The van der Waals surface area contributed by atoms with Crippen molar-refractivity contribution in [2.45, 2.75) is 27.2 Å². The van der Waals surface area contributed by atoms with Crippen molar-refractivity contribution in [3.05, 3.63) is 47.6 Å². The molecule has 0 rings (SSSR count). The Morgan fingerprint density at radius 3 is 2.33 bits per heavy atom. The van der Waals surface area contributed by atoms with E-state index in [4.69, 9.17) is 0 Å². The van der Waals surface area contributed by atoms with Crippen LogP contribution in [-0.2, 0) is 0 Å². The Balaban J connectivity index is 4.38. The van der Waals surface area contributed by atoms with Crippen LogP contribution in [0.1, 0.15) is 27.2 Å². The van der Waals surface area contributed by atoms with Crippen molar-refractivity contribution < 1.29 is 0 Å². The summed E-state index contributed by atoms with van der Waals surface area (Å²) in [5, 5.41) is 0. The van der Waals surface area contributed by atoms with Crippen LogP contribution >= 0.6 is 0 Å². The Morgan fingerprint density at radius 1 is 1.13 bits per heavy atom. The highest BCUT2D eigenvalue weighted by atomic mass is 14.6. The lowest BCUT2D eigenvalue weighted by Gasteiger charge is -1.99. The molecule has 0 aromatic rings. The van der Waals surface area contributed by atoms with Crippen LogP contribution in [0.3, 0.4) is 0 Å². The van der Waals surface area contributed by atoms with Crippen molar-refractivity contribution in [3.8, 4) is 0 Å². The molecule has 0 heterocycles. The molecule has 15 heavy (non-hydrogen) atoms. The normalized spacial score (nSPS) is 14.8. The minimum atomic E-state index is 0.956. The second-order valence-corrected chi connectivity index (χ2v) is 3.53. The summed E-state index contributed by atoms with van der Waals surface area (Å²) in [7, 11) is 1.78. The molecule has 82 valence electrons. The first-order valence-corrected chi connectivity index (χ1v) is 5.17. The van der Waals surface area contributed by atoms with Crippen LogP contribution in [0.4, 0.5) is 0 Å². The first-order chi connectivity index (χ1) is 7.11. The third-order valence-corrected chi connectivity index (χ3v) is 2.28. The maximum absolute atomic E-state index is 3.93. The van der Waals surface area contributed by atoms with Gasteiger partial charge in [-0.15, -0.1) is 0 Å². The minimum absolute atomic E-state index is 0.956. The monoisotopic (exact) mass is 203 g/mol. The summed E-state index contributed by atoms with van der Waals surface area (Å²) < 4.78 is 0. The Morgan fingerprint density at radius 2 is 1.80 bits per heavy atom. The number of nitrogens with zero attached hydrogens (tertiary/aromatic N) is 1. The molecule has 0 aliphatic carbocycles. The van der Waals surface area contributed by atoms with Gasteiger partial charge in [0.15, 0.2) is 0 Å². The van der Waals surface area contributed by atoms with E-state index in [0.29, 0.717) is 0 Å². The van der Waals surface area contributed by atoms with Crippen molar-refractivity contribution in [3.63, 3.8) is 0 Å². The number of hydrogen-bond donors (Lipinski definition) is 0. The lowest BCUT2D eigenvalue weighted by molar-refractivity contribution is 1.25. The van der Waals surface area contributed by atoms with Gasteiger partial charge < -0.3 is 0 Å². The van der Waals surface area contributed by atoms with E-state index in [1.54, 1.807) is 7.05 Å². The van der Waals surface area contributed by atoms with Crippen LogP contribution < -0.4 is 0 Å². The highest BCUT2D eigenvalue weighted by Gasteiger charge is 1.90. The van der Waals surface area contributed by atoms with Gasteiger partial charge in [0, 0.05) is 13.3 Å². The van der Waals surface area contributed by atoms with E-state index in [2.05, 4.69) is 44.5 Å². The van der Waals surface area contributed by atoms with Gasteiger partial charge >= 0.3 is 0 Å². The van der Waals surface area contributed by atoms with Crippen molar-refractivity contribution in [1.82, 2.24) is 0 Å². The highest BCUT2D eigenvalue weighted by molar-refractivity contribution is 5.73. The van der Waals surface area contributed by atoms with Crippen molar-refractivity contribution in [2.75, 3.05) is 7.05 Å². The van der Waals surface area contributed by atoms with Crippen molar-refractivity contribution in [1.29, 1.82) is 0 Å². The maximum Gasteiger partial charge on any atom is 0.0277 e. The molecule has 1 nitrogen and oxygen atoms in total. The van der Waals surface area contributed by atoms with Gasteiger partial charge in [0.1, 0.15) is 0 Å². The largest absolute Gasteiger partial charge is 0.297 e. The second-order valence-electron chi connectivity index (χ2n) is 3.53. The SMILES string of the molecule is C=CC(C)=CC/C=C(C)/C(C)=C/C=N\C. The molecule has 0 spiro atoms. The van der Waals surface area contributed by atoms with Crippen LogP contribution in [-0.4, -0.2) is 13.3 Å². The van der Waals surface area contributed by atoms with Gasteiger partial charge in [-0.1, -0.05) is 36.0 Å². The average molecular weight is 203 g/mol. The van der Waals surface area contributed by atoms with Crippen LogP contribution in [0.15, 0.2) is 52.6 Å². The zero-order valence-corrected chi connectivity index (χ0v) is 10.2. The Labute approximate surface area is 93.6 Å². The highest BCUT2D eigenvalue weighted by Crippen LogP contribution is 2.09. The van der Waals surface area contributed by atoms with E-state index in [1.807, 2.05) is 18.4 Å². The molecule has 0 aromatic heterocycles. The van der Waals surface area contributed by atoms with Crippen molar-refractivity contribution >= 4 is 6.21 Å². The Bertz CT molecular complexity index is 314. The van der Waals surface area contributed by atoms with Crippen LogP contribution in [0.5, 0.6) is 0 Å². The van der Waals surface area contributed by atoms with Gasteiger partial charge in [-0.05, 0) is 38.8 Å². The molecule has 0 saturated carbocycles. The lowest BCUT2D eigenvalue weighted by Crippen LogP contribution is -1.80. The molecule has 0 saturated heterocycles. The van der Waals surface area contributed by atoms with E-state index < -0.39 is 0 Å². The lowest BCUT2D eigenvalue weighted by atomic mass is 10.1. The quantitative estimate of drug-likeness (QED) is 0.471. The van der Waals surface area contributed by atoms with Crippen molar-refractivity contribution in [2.24, 2.45) is 4.99 Å². The molecule has 0 radical (unpaired) electrons. The summed E-state index contributed by atoms with van der Waals surface area (Å²) in [5.74, 6) is 0. The predicted octanol–water partition coefficient (Wildman–Crippen LogP) is 4.10. The van der Waals surface area contributed by atoms with Gasteiger partial charge in [-0.25, -0.2) is 0 Å². The molecule has 0 unspecified atom stereocenters. The van der Waals surface area contributed by atoms with E-state index in [-0.39, 0.29) is 0 Å². The fraction of sp³-hybridized carbons (Fsp3) is 0.357. The number of hydrogen-bond acceptors (Lipinski definition) is 1. The van der Waals surface area contributed by atoms with Gasteiger partial charge in [0.25, 0.3) is 0 Å². The third-order valence-electron chi connectivity index (χ3n) is 2.28. The summed E-state index contributed by atoms with van der Waals surface area (Å²) in [6, 6.07) is 0. The maximum atomic E-state index is 3.93. The first-order valence-electron chi connectivity index (χ1n) is 5.17.